The number of halogens is 1. The van der Waals surface area contributed by atoms with Crippen LogP contribution in [-0.2, 0) is 19.4 Å². The van der Waals surface area contributed by atoms with Gasteiger partial charge in [-0.15, -0.1) is 11.3 Å². The Morgan fingerprint density at radius 1 is 1.06 bits per heavy atom. The van der Waals surface area contributed by atoms with Gasteiger partial charge >= 0.3 is 6.03 Å². The largest absolute Gasteiger partial charge is 0.497 e. The molecule has 178 valence electrons. The Bertz CT molecular complexity index is 1390. The van der Waals surface area contributed by atoms with Gasteiger partial charge in [-0.3, -0.25) is 0 Å². The predicted molar refractivity (Wildman–Crippen MR) is 144 cm³/mol. The van der Waals surface area contributed by atoms with Crippen molar-refractivity contribution in [3.63, 3.8) is 0 Å². The summed E-state index contributed by atoms with van der Waals surface area (Å²) in [5, 5.41) is 4.41. The van der Waals surface area contributed by atoms with Crippen LogP contribution in [0.15, 0.2) is 71.3 Å². The fourth-order valence-electron chi connectivity index (χ4n) is 5.29. The number of anilines is 1. The van der Waals surface area contributed by atoms with Crippen LogP contribution in [-0.4, -0.2) is 22.6 Å². The van der Waals surface area contributed by atoms with E-state index >= 15 is 0 Å². The van der Waals surface area contributed by atoms with Gasteiger partial charge in [-0.1, -0.05) is 34.1 Å². The van der Waals surface area contributed by atoms with Crippen molar-refractivity contribution in [3.05, 3.63) is 98.6 Å². The number of carbonyl (C=O) groups excluding carboxylic acids is 1. The van der Waals surface area contributed by atoms with Crippen LogP contribution in [0.3, 0.4) is 0 Å². The number of nitrogens with zero attached hydrogens (tertiary/aromatic N) is 2. The average molecular weight is 549 g/mol. The Kier molecular flexibility index (Phi) is 5.90. The number of benzene rings is 2. The van der Waals surface area contributed by atoms with Crippen LogP contribution in [0, 0.1) is 0 Å². The molecule has 1 aliphatic carbocycles. The lowest BCUT2D eigenvalue weighted by atomic mass is 9.95. The molecule has 4 aromatic rings. The molecule has 2 amide bonds. The number of fused-ring (bicyclic) bond motifs is 5. The quantitative estimate of drug-likeness (QED) is 0.292. The normalized spacial score (nSPS) is 16.6. The van der Waals surface area contributed by atoms with Crippen LogP contribution in [0.4, 0.5) is 10.5 Å². The first-order valence-corrected chi connectivity index (χ1v) is 13.5. The first kappa shape index (κ1) is 22.4. The topological polar surface area (TPSA) is 46.5 Å². The summed E-state index contributed by atoms with van der Waals surface area (Å²) in [6.45, 7) is 0.569. The van der Waals surface area contributed by atoms with Crippen molar-refractivity contribution in [2.75, 3.05) is 12.4 Å². The number of ether oxygens (including phenoxy) is 1. The Morgan fingerprint density at radius 2 is 1.89 bits per heavy atom. The summed E-state index contributed by atoms with van der Waals surface area (Å²) in [7, 11) is 1.67. The molecule has 2 aliphatic rings. The van der Waals surface area contributed by atoms with Crippen LogP contribution >= 0.6 is 27.3 Å². The van der Waals surface area contributed by atoms with E-state index in [4.69, 9.17) is 4.74 Å². The second kappa shape index (κ2) is 9.21. The number of hydrogen-bond acceptors (Lipinski definition) is 3. The van der Waals surface area contributed by atoms with E-state index in [1.807, 2.05) is 52.6 Å². The van der Waals surface area contributed by atoms with Gasteiger partial charge < -0.3 is 19.5 Å². The van der Waals surface area contributed by atoms with Crippen molar-refractivity contribution in [2.45, 2.75) is 38.3 Å². The summed E-state index contributed by atoms with van der Waals surface area (Å²) < 4.78 is 8.64. The van der Waals surface area contributed by atoms with Crippen LogP contribution in [0.25, 0.3) is 5.00 Å². The van der Waals surface area contributed by atoms with E-state index in [0.717, 1.165) is 40.0 Å². The molecule has 0 spiro atoms. The van der Waals surface area contributed by atoms with Gasteiger partial charge in [0.2, 0.25) is 0 Å². The van der Waals surface area contributed by atoms with Gasteiger partial charge in [0.25, 0.3) is 0 Å². The van der Waals surface area contributed by atoms with Crippen molar-refractivity contribution >= 4 is 39.0 Å². The first-order chi connectivity index (χ1) is 17.1. The number of amides is 2. The molecule has 1 atom stereocenters. The standard InChI is InChI=1S/C28H26BrN3O2S/c1-34-21-13-11-18(12-14-21)26-24-9-5-15-31(24)27-23(22-8-2-3-10-25(22)35-27)17-32(26)28(33)30-20-7-4-6-19(29)16-20/h4-7,9,11-16,26H,2-3,8,10,17H2,1H3,(H,30,33). The molecule has 0 radical (unpaired) electrons. The number of aryl methyl sites for hydroxylation is 1. The summed E-state index contributed by atoms with van der Waals surface area (Å²) in [5.74, 6) is 0.802. The number of urea groups is 1. The molecule has 3 heterocycles. The van der Waals surface area contributed by atoms with E-state index in [0.29, 0.717) is 6.54 Å². The average Bonchev–Trinajstić information content (AvgIpc) is 3.46. The maximum atomic E-state index is 13.9. The van der Waals surface area contributed by atoms with Crippen molar-refractivity contribution in [2.24, 2.45) is 0 Å². The highest BCUT2D eigenvalue weighted by Gasteiger charge is 2.36. The van der Waals surface area contributed by atoms with Gasteiger partial charge in [-0.2, -0.15) is 0 Å². The molecule has 5 nitrogen and oxygen atoms in total. The monoisotopic (exact) mass is 547 g/mol. The smallest absolute Gasteiger partial charge is 0.322 e. The molecule has 2 aromatic heterocycles. The second-order valence-electron chi connectivity index (χ2n) is 9.04. The molecule has 0 saturated carbocycles. The number of rotatable bonds is 3. The van der Waals surface area contributed by atoms with Gasteiger partial charge in [-0.05, 0) is 79.3 Å². The molecule has 1 N–H and O–H groups in total. The maximum Gasteiger partial charge on any atom is 0.322 e. The van der Waals surface area contributed by atoms with Crippen LogP contribution in [0.1, 0.15) is 46.1 Å². The van der Waals surface area contributed by atoms with E-state index in [2.05, 4.69) is 56.3 Å². The molecule has 2 aromatic carbocycles. The van der Waals surface area contributed by atoms with Crippen molar-refractivity contribution < 1.29 is 9.53 Å². The van der Waals surface area contributed by atoms with Gasteiger partial charge in [0, 0.05) is 26.8 Å². The minimum absolute atomic E-state index is 0.111. The molecule has 1 aliphatic heterocycles. The zero-order valence-corrected chi connectivity index (χ0v) is 21.9. The number of methoxy groups -OCH3 is 1. The molecule has 1 unspecified atom stereocenters. The zero-order chi connectivity index (χ0) is 23.9. The summed E-state index contributed by atoms with van der Waals surface area (Å²) in [5.41, 5.74) is 5.66. The molecule has 7 heteroatoms. The minimum Gasteiger partial charge on any atom is -0.497 e. The molecule has 6 rings (SSSR count). The third-order valence-corrected chi connectivity index (χ3v) is 8.77. The molecular formula is C28H26BrN3O2S. The molecular weight excluding hydrogens is 522 g/mol. The minimum atomic E-state index is -0.234. The van der Waals surface area contributed by atoms with E-state index in [1.54, 1.807) is 7.11 Å². The lowest BCUT2D eigenvalue weighted by Crippen LogP contribution is -2.38. The van der Waals surface area contributed by atoms with Gasteiger partial charge in [0.15, 0.2) is 0 Å². The van der Waals surface area contributed by atoms with Crippen LogP contribution in [0.5, 0.6) is 5.75 Å². The predicted octanol–water partition coefficient (Wildman–Crippen LogP) is 7.33. The number of carbonyl (C=O) groups is 1. The van der Waals surface area contributed by atoms with Crippen LogP contribution in [0.2, 0.25) is 0 Å². The Labute approximate surface area is 217 Å². The lowest BCUT2D eigenvalue weighted by molar-refractivity contribution is 0.194. The van der Waals surface area contributed by atoms with Gasteiger partial charge in [0.05, 0.1) is 25.4 Å². The highest BCUT2D eigenvalue weighted by Crippen LogP contribution is 2.44. The lowest BCUT2D eigenvalue weighted by Gasteiger charge is -2.31. The first-order valence-electron chi connectivity index (χ1n) is 11.9. The highest BCUT2D eigenvalue weighted by molar-refractivity contribution is 9.10. The Morgan fingerprint density at radius 3 is 2.69 bits per heavy atom. The van der Waals surface area contributed by atoms with Crippen molar-refractivity contribution in [3.8, 4) is 10.8 Å². The van der Waals surface area contributed by atoms with E-state index < -0.39 is 0 Å². The zero-order valence-electron chi connectivity index (χ0n) is 19.5. The summed E-state index contributed by atoms with van der Waals surface area (Å²) >= 11 is 5.42. The second-order valence-corrected chi connectivity index (χ2v) is 11.0. The summed E-state index contributed by atoms with van der Waals surface area (Å²) in [6.07, 6.45) is 6.82. The van der Waals surface area contributed by atoms with E-state index in [-0.39, 0.29) is 12.1 Å². The molecule has 0 bridgehead atoms. The molecule has 35 heavy (non-hydrogen) atoms. The summed E-state index contributed by atoms with van der Waals surface area (Å²) in [6, 6.07) is 19.7. The number of hydrogen-bond donors (Lipinski definition) is 1. The number of aromatic nitrogens is 1. The summed E-state index contributed by atoms with van der Waals surface area (Å²) in [4.78, 5) is 17.4. The van der Waals surface area contributed by atoms with Crippen molar-refractivity contribution in [1.82, 2.24) is 9.47 Å². The third-order valence-electron chi connectivity index (χ3n) is 6.95. The fourth-order valence-corrected chi connectivity index (χ4v) is 7.09. The molecule has 0 saturated heterocycles. The van der Waals surface area contributed by atoms with Crippen LogP contribution < -0.4 is 10.1 Å². The molecule has 0 fully saturated rings. The SMILES string of the molecule is COc1ccc(C2c3cccn3-c3sc4c(c3CN2C(=O)Nc2cccc(Br)c2)CCCC4)cc1. The number of nitrogens with one attached hydrogen (secondary N) is 1. The number of thiophene rings is 1. The van der Waals surface area contributed by atoms with Crippen molar-refractivity contribution in [1.29, 1.82) is 0 Å². The Balaban J connectivity index is 1.49. The van der Waals surface area contributed by atoms with E-state index in [1.165, 1.54) is 33.8 Å². The van der Waals surface area contributed by atoms with Gasteiger partial charge in [0.1, 0.15) is 10.8 Å². The van der Waals surface area contributed by atoms with E-state index in [9.17, 15) is 4.79 Å². The Hall–Kier alpha value is -3.03. The van der Waals surface area contributed by atoms with Gasteiger partial charge in [-0.25, -0.2) is 4.79 Å². The fraction of sp³-hybridized carbons (Fsp3) is 0.250. The maximum absolute atomic E-state index is 13.9. The highest BCUT2D eigenvalue weighted by atomic mass is 79.9. The third kappa shape index (κ3) is 4.06.